The van der Waals surface area contributed by atoms with Crippen molar-refractivity contribution in [3.05, 3.63) is 11.9 Å². The number of aliphatic hydroxyl groups excluding tert-OH is 1. The van der Waals surface area contributed by atoms with Crippen LogP contribution in [0.2, 0.25) is 0 Å². The molecule has 0 spiro atoms. The van der Waals surface area contributed by atoms with Crippen LogP contribution in [0.4, 0.5) is 11.6 Å². The number of aliphatic hydroxyl groups is 1. The summed E-state index contributed by atoms with van der Waals surface area (Å²) in [5.41, 5.74) is 5.63. The van der Waals surface area contributed by atoms with Crippen molar-refractivity contribution in [3.8, 4) is 0 Å². The summed E-state index contributed by atoms with van der Waals surface area (Å²) in [5.74, 6) is 1.89. The van der Waals surface area contributed by atoms with Crippen molar-refractivity contribution in [3.63, 3.8) is 0 Å². The maximum absolute atomic E-state index is 8.50. The fourth-order valence-electron chi connectivity index (χ4n) is 1.18. The third-order valence-electron chi connectivity index (χ3n) is 1.90. The second-order valence-electron chi connectivity index (χ2n) is 3.21. The Bertz CT molecular complexity index is 320. The van der Waals surface area contributed by atoms with Gasteiger partial charge in [0.15, 0.2) is 0 Å². The van der Waals surface area contributed by atoms with Crippen molar-refractivity contribution in [1.29, 1.82) is 0 Å². The van der Waals surface area contributed by atoms with Crippen LogP contribution >= 0.6 is 0 Å². The smallest absolute Gasteiger partial charge is 0.132 e. The summed E-state index contributed by atoms with van der Waals surface area (Å²) in [6.45, 7) is 3.52. The number of nitrogens with two attached hydrogens (primary N) is 1. The average molecular weight is 226 g/mol. The Hall–Kier alpha value is -1.40. The number of nitrogen functional groups attached to an aromatic ring is 1. The molecule has 0 fully saturated rings. The van der Waals surface area contributed by atoms with Gasteiger partial charge in [0.25, 0.3) is 0 Å². The Morgan fingerprint density at radius 3 is 2.94 bits per heavy atom. The molecule has 1 aromatic rings. The highest BCUT2D eigenvalue weighted by atomic mass is 16.5. The molecule has 0 aliphatic rings. The van der Waals surface area contributed by atoms with Crippen LogP contribution in [0.3, 0.4) is 0 Å². The van der Waals surface area contributed by atoms with Crippen molar-refractivity contribution < 1.29 is 9.84 Å². The lowest BCUT2D eigenvalue weighted by Gasteiger charge is -2.07. The topological polar surface area (TPSA) is 93.3 Å². The highest BCUT2D eigenvalue weighted by Crippen LogP contribution is 2.08. The number of hydrogen-bond acceptors (Lipinski definition) is 6. The number of ether oxygens (including phenoxy) is 1. The maximum atomic E-state index is 8.50. The summed E-state index contributed by atoms with van der Waals surface area (Å²) in [5, 5.41) is 11.6. The van der Waals surface area contributed by atoms with Gasteiger partial charge in [-0.05, 0) is 0 Å². The van der Waals surface area contributed by atoms with Crippen LogP contribution in [0.25, 0.3) is 0 Å². The SMILES string of the molecule is CCc1nc(N)cc(NCCOCCO)n1. The Morgan fingerprint density at radius 2 is 2.25 bits per heavy atom. The number of aryl methyl sites for hydroxylation is 1. The molecule has 0 saturated carbocycles. The quantitative estimate of drug-likeness (QED) is 0.568. The molecule has 90 valence electrons. The van der Waals surface area contributed by atoms with Crippen LogP contribution < -0.4 is 11.1 Å². The second-order valence-corrected chi connectivity index (χ2v) is 3.21. The van der Waals surface area contributed by atoms with Gasteiger partial charge in [-0.15, -0.1) is 0 Å². The molecule has 16 heavy (non-hydrogen) atoms. The van der Waals surface area contributed by atoms with E-state index in [9.17, 15) is 0 Å². The lowest BCUT2D eigenvalue weighted by atomic mass is 10.4. The fraction of sp³-hybridized carbons (Fsp3) is 0.600. The molecule has 0 radical (unpaired) electrons. The van der Waals surface area contributed by atoms with Crippen LogP contribution in [-0.4, -0.2) is 41.4 Å². The molecule has 6 nitrogen and oxygen atoms in total. The van der Waals surface area contributed by atoms with Gasteiger partial charge in [-0.3, -0.25) is 0 Å². The van der Waals surface area contributed by atoms with Crippen LogP contribution in [0.5, 0.6) is 0 Å². The first-order valence-corrected chi connectivity index (χ1v) is 5.32. The highest BCUT2D eigenvalue weighted by Gasteiger charge is 2.00. The average Bonchev–Trinajstić information content (AvgIpc) is 2.28. The summed E-state index contributed by atoms with van der Waals surface area (Å²) < 4.78 is 5.10. The molecule has 0 atom stereocenters. The largest absolute Gasteiger partial charge is 0.394 e. The predicted molar refractivity (Wildman–Crippen MR) is 62.2 cm³/mol. The molecule has 1 heterocycles. The molecule has 0 aliphatic carbocycles. The van der Waals surface area contributed by atoms with Gasteiger partial charge in [0.1, 0.15) is 17.5 Å². The van der Waals surface area contributed by atoms with Gasteiger partial charge in [-0.25, -0.2) is 9.97 Å². The first kappa shape index (κ1) is 12.7. The second kappa shape index (κ2) is 6.97. The molecule has 6 heteroatoms. The summed E-state index contributed by atoms with van der Waals surface area (Å²) in [6, 6.07) is 1.69. The fourth-order valence-corrected chi connectivity index (χ4v) is 1.18. The number of hydrogen-bond donors (Lipinski definition) is 3. The zero-order valence-corrected chi connectivity index (χ0v) is 9.44. The van der Waals surface area contributed by atoms with E-state index in [4.69, 9.17) is 15.6 Å². The minimum Gasteiger partial charge on any atom is -0.394 e. The van der Waals surface area contributed by atoms with Gasteiger partial charge in [-0.2, -0.15) is 0 Å². The van der Waals surface area contributed by atoms with Crippen molar-refractivity contribution in [2.45, 2.75) is 13.3 Å². The minimum atomic E-state index is 0.0421. The van der Waals surface area contributed by atoms with Gasteiger partial charge in [0, 0.05) is 19.0 Å². The lowest BCUT2D eigenvalue weighted by Crippen LogP contribution is -2.13. The predicted octanol–water partition coefficient (Wildman–Crippen LogP) is 0.0420. The van der Waals surface area contributed by atoms with E-state index in [1.54, 1.807) is 6.07 Å². The van der Waals surface area contributed by atoms with Gasteiger partial charge >= 0.3 is 0 Å². The summed E-state index contributed by atoms with van der Waals surface area (Å²) >= 11 is 0. The van der Waals surface area contributed by atoms with E-state index in [0.717, 1.165) is 12.2 Å². The van der Waals surface area contributed by atoms with Gasteiger partial charge in [0.2, 0.25) is 0 Å². The van der Waals surface area contributed by atoms with Crippen LogP contribution in [-0.2, 0) is 11.2 Å². The van der Waals surface area contributed by atoms with E-state index < -0.39 is 0 Å². The van der Waals surface area contributed by atoms with E-state index in [2.05, 4.69) is 15.3 Å². The molecule has 0 unspecified atom stereocenters. The van der Waals surface area contributed by atoms with Crippen molar-refractivity contribution >= 4 is 11.6 Å². The Morgan fingerprint density at radius 1 is 1.44 bits per heavy atom. The number of aromatic nitrogens is 2. The van der Waals surface area contributed by atoms with Crippen LogP contribution in [0.15, 0.2) is 6.07 Å². The van der Waals surface area contributed by atoms with E-state index in [1.165, 1.54) is 0 Å². The number of nitrogens with one attached hydrogen (secondary N) is 1. The minimum absolute atomic E-state index is 0.0421. The summed E-state index contributed by atoms with van der Waals surface area (Å²) in [6.07, 6.45) is 0.751. The first-order chi connectivity index (χ1) is 7.76. The molecule has 0 bridgehead atoms. The zero-order chi connectivity index (χ0) is 11.8. The van der Waals surface area contributed by atoms with E-state index in [0.29, 0.717) is 31.4 Å². The highest BCUT2D eigenvalue weighted by molar-refractivity contribution is 5.44. The Kier molecular flexibility index (Phi) is 5.52. The number of rotatable bonds is 7. The van der Waals surface area contributed by atoms with Gasteiger partial charge in [0.05, 0.1) is 19.8 Å². The van der Waals surface area contributed by atoms with Crippen molar-refractivity contribution in [1.82, 2.24) is 9.97 Å². The molecule has 0 aromatic carbocycles. The van der Waals surface area contributed by atoms with Crippen LogP contribution in [0, 0.1) is 0 Å². The summed E-state index contributed by atoms with van der Waals surface area (Å²) in [7, 11) is 0. The van der Waals surface area contributed by atoms with E-state index >= 15 is 0 Å². The molecule has 0 aliphatic heterocycles. The zero-order valence-electron chi connectivity index (χ0n) is 9.44. The van der Waals surface area contributed by atoms with E-state index in [1.807, 2.05) is 6.92 Å². The summed E-state index contributed by atoms with van der Waals surface area (Å²) in [4.78, 5) is 8.34. The molecular formula is C10H18N4O2. The third kappa shape index (κ3) is 4.41. The number of anilines is 2. The van der Waals surface area contributed by atoms with Gasteiger partial charge in [-0.1, -0.05) is 6.92 Å². The monoisotopic (exact) mass is 226 g/mol. The first-order valence-electron chi connectivity index (χ1n) is 5.32. The van der Waals surface area contributed by atoms with Gasteiger partial charge < -0.3 is 20.9 Å². The Balaban J connectivity index is 2.38. The maximum Gasteiger partial charge on any atom is 0.132 e. The molecule has 0 amide bonds. The lowest BCUT2D eigenvalue weighted by molar-refractivity contribution is 0.0992. The standard InChI is InChI=1S/C10H18N4O2/c1-2-9-13-8(11)7-10(14-9)12-3-5-16-6-4-15/h7,15H,2-6H2,1H3,(H3,11,12,13,14). The van der Waals surface area contributed by atoms with Crippen molar-refractivity contribution in [2.24, 2.45) is 0 Å². The molecular weight excluding hydrogens is 208 g/mol. The molecule has 4 N–H and O–H groups in total. The third-order valence-corrected chi connectivity index (χ3v) is 1.90. The van der Waals surface area contributed by atoms with Crippen molar-refractivity contribution in [2.75, 3.05) is 37.4 Å². The molecule has 0 saturated heterocycles. The molecule has 1 rings (SSSR count). The Labute approximate surface area is 94.9 Å². The van der Waals surface area contributed by atoms with E-state index in [-0.39, 0.29) is 6.61 Å². The normalized spacial score (nSPS) is 10.4. The number of nitrogens with zero attached hydrogens (tertiary/aromatic N) is 2. The van der Waals surface area contributed by atoms with Crippen LogP contribution in [0.1, 0.15) is 12.7 Å². The molecule has 1 aromatic heterocycles.